The molecule has 0 aliphatic rings. The van der Waals surface area contributed by atoms with Crippen LogP contribution < -0.4 is 10.2 Å². The highest BCUT2D eigenvalue weighted by molar-refractivity contribution is 5.79. The lowest BCUT2D eigenvalue weighted by molar-refractivity contribution is -0.0479. The second-order valence-electron chi connectivity index (χ2n) is 6.58. The molecule has 0 N–H and O–H groups in total. The first-order chi connectivity index (χ1) is 11.9. The number of aryl methyl sites for hydroxylation is 1. The van der Waals surface area contributed by atoms with Gasteiger partial charge in [-0.3, -0.25) is 4.79 Å². The second kappa shape index (κ2) is 6.73. The quantitative estimate of drug-likeness (QED) is 0.684. The summed E-state index contributed by atoms with van der Waals surface area (Å²) in [6.45, 7) is 6.16. The fraction of sp³-hybridized carbons (Fsp3) is 0.286. The first kappa shape index (κ1) is 17.2. The van der Waals surface area contributed by atoms with Crippen LogP contribution in [-0.2, 0) is 16.9 Å². The Balaban J connectivity index is 1.95. The zero-order valence-electron chi connectivity index (χ0n) is 15.0. The Labute approximate surface area is 147 Å². The molecule has 0 atom stereocenters. The molecular formula is C21H22O4. The number of benzene rings is 2. The molecule has 3 aromatic rings. The van der Waals surface area contributed by atoms with Crippen LogP contribution in [0.4, 0.5) is 0 Å². The van der Waals surface area contributed by atoms with E-state index in [-0.39, 0.29) is 5.43 Å². The van der Waals surface area contributed by atoms with Crippen molar-refractivity contribution in [2.75, 3.05) is 7.11 Å². The monoisotopic (exact) mass is 338 g/mol. The molecule has 0 radical (unpaired) electrons. The molecule has 2 aromatic carbocycles. The molecule has 1 heterocycles. The molecule has 0 saturated carbocycles. The Morgan fingerprint density at radius 1 is 1.08 bits per heavy atom. The van der Waals surface area contributed by atoms with Crippen molar-refractivity contribution < 1.29 is 13.9 Å². The number of methoxy groups -OCH3 is 1. The van der Waals surface area contributed by atoms with E-state index in [0.29, 0.717) is 29.1 Å². The number of ether oxygens (including phenoxy) is 2. The summed E-state index contributed by atoms with van der Waals surface area (Å²) in [5, 5.41) is 0.505. The maximum absolute atomic E-state index is 12.5. The average Bonchev–Trinajstić information content (AvgIpc) is 2.60. The first-order valence-electron chi connectivity index (χ1n) is 8.21. The van der Waals surface area contributed by atoms with E-state index in [1.807, 2.05) is 57.2 Å². The second-order valence-corrected chi connectivity index (χ2v) is 6.58. The molecule has 4 heteroatoms. The minimum atomic E-state index is -0.725. The maximum atomic E-state index is 12.5. The lowest BCUT2D eigenvalue weighted by Gasteiger charge is -2.24. The van der Waals surface area contributed by atoms with Crippen LogP contribution in [0.25, 0.3) is 11.0 Å². The van der Waals surface area contributed by atoms with Gasteiger partial charge in [-0.15, -0.1) is 0 Å². The number of hydrogen-bond donors (Lipinski definition) is 0. The molecule has 3 rings (SSSR count). The molecular weight excluding hydrogens is 316 g/mol. The first-order valence-corrected chi connectivity index (χ1v) is 8.21. The van der Waals surface area contributed by atoms with Gasteiger partial charge >= 0.3 is 0 Å². The van der Waals surface area contributed by atoms with E-state index in [2.05, 4.69) is 0 Å². The van der Waals surface area contributed by atoms with Crippen molar-refractivity contribution in [3.05, 3.63) is 75.6 Å². The molecule has 0 unspecified atom stereocenters. The Hall–Kier alpha value is -2.59. The van der Waals surface area contributed by atoms with Crippen LogP contribution in [0, 0.1) is 6.92 Å². The van der Waals surface area contributed by atoms with Crippen molar-refractivity contribution in [3.8, 4) is 5.75 Å². The van der Waals surface area contributed by atoms with E-state index < -0.39 is 5.60 Å². The van der Waals surface area contributed by atoms with E-state index in [9.17, 15) is 4.79 Å². The van der Waals surface area contributed by atoms with Crippen molar-refractivity contribution in [2.45, 2.75) is 33.0 Å². The Morgan fingerprint density at radius 3 is 2.48 bits per heavy atom. The summed E-state index contributed by atoms with van der Waals surface area (Å²) in [6.07, 6.45) is 0. The van der Waals surface area contributed by atoms with Crippen LogP contribution in [0.1, 0.15) is 30.7 Å². The smallest absolute Gasteiger partial charge is 0.193 e. The van der Waals surface area contributed by atoms with Crippen LogP contribution in [0.3, 0.4) is 0 Å². The van der Waals surface area contributed by atoms with Gasteiger partial charge in [0.2, 0.25) is 0 Å². The van der Waals surface area contributed by atoms with Crippen molar-refractivity contribution in [3.63, 3.8) is 0 Å². The van der Waals surface area contributed by atoms with E-state index in [1.165, 1.54) is 6.07 Å². The highest BCUT2D eigenvalue weighted by Crippen LogP contribution is 2.30. The van der Waals surface area contributed by atoms with E-state index in [0.717, 1.165) is 11.1 Å². The Morgan fingerprint density at radius 2 is 1.80 bits per heavy atom. The molecule has 0 aliphatic heterocycles. The van der Waals surface area contributed by atoms with Crippen LogP contribution in [0.2, 0.25) is 0 Å². The molecule has 25 heavy (non-hydrogen) atoms. The highest BCUT2D eigenvalue weighted by atomic mass is 16.5. The van der Waals surface area contributed by atoms with E-state index >= 15 is 0 Å². The molecule has 1 aromatic heterocycles. The summed E-state index contributed by atoms with van der Waals surface area (Å²) in [6, 6.07) is 15.0. The third-order valence-electron chi connectivity index (χ3n) is 4.28. The molecule has 0 saturated heterocycles. The number of hydrogen-bond acceptors (Lipinski definition) is 4. The van der Waals surface area contributed by atoms with Crippen LogP contribution in [0.15, 0.2) is 57.7 Å². The lowest BCUT2D eigenvalue weighted by Crippen LogP contribution is -2.23. The highest BCUT2D eigenvalue weighted by Gasteiger charge is 2.26. The van der Waals surface area contributed by atoms with Crippen molar-refractivity contribution in [2.24, 2.45) is 0 Å². The third kappa shape index (κ3) is 3.59. The molecule has 0 spiro atoms. The van der Waals surface area contributed by atoms with Gasteiger partial charge in [-0.1, -0.05) is 30.3 Å². The lowest BCUT2D eigenvalue weighted by atomic mass is 10.0. The van der Waals surface area contributed by atoms with E-state index in [4.69, 9.17) is 13.9 Å². The Kier molecular flexibility index (Phi) is 4.64. The van der Waals surface area contributed by atoms with Crippen molar-refractivity contribution >= 4 is 11.0 Å². The normalized spacial score (nSPS) is 11.7. The molecule has 0 aliphatic carbocycles. The van der Waals surface area contributed by atoms with Gasteiger partial charge < -0.3 is 13.9 Å². The fourth-order valence-electron chi connectivity index (χ4n) is 2.71. The number of rotatable bonds is 5. The predicted molar refractivity (Wildman–Crippen MR) is 98.0 cm³/mol. The van der Waals surface area contributed by atoms with Crippen LogP contribution >= 0.6 is 0 Å². The van der Waals surface area contributed by atoms with Gasteiger partial charge in [0.25, 0.3) is 0 Å². The van der Waals surface area contributed by atoms with Crippen LogP contribution in [-0.4, -0.2) is 7.11 Å². The SMILES string of the molecule is COc1cc2c(=O)cc(C(C)(C)OCc3ccccc3)oc2cc1C. The minimum absolute atomic E-state index is 0.106. The van der Waals surface area contributed by atoms with Gasteiger partial charge in [-0.2, -0.15) is 0 Å². The van der Waals surface area contributed by atoms with E-state index in [1.54, 1.807) is 13.2 Å². The molecule has 0 amide bonds. The average molecular weight is 338 g/mol. The van der Waals surface area contributed by atoms with Gasteiger partial charge in [-0.05, 0) is 44.0 Å². The Bertz CT molecular complexity index is 939. The zero-order valence-corrected chi connectivity index (χ0v) is 15.0. The summed E-state index contributed by atoms with van der Waals surface area (Å²) in [7, 11) is 1.59. The predicted octanol–water partition coefficient (Wildman–Crippen LogP) is 4.56. The standard InChI is InChI=1S/C21H22O4/c1-14-10-19-16(11-18(14)23-4)17(22)12-20(25-19)21(2,3)24-13-15-8-6-5-7-9-15/h5-12H,13H2,1-4H3. The maximum Gasteiger partial charge on any atom is 0.193 e. The summed E-state index contributed by atoms with van der Waals surface area (Å²) >= 11 is 0. The summed E-state index contributed by atoms with van der Waals surface area (Å²) in [5.41, 5.74) is 1.69. The molecule has 130 valence electrons. The van der Waals surface area contributed by atoms with Crippen molar-refractivity contribution in [1.82, 2.24) is 0 Å². The third-order valence-corrected chi connectivity index (χ3v) is 4.28. The topological polar surface area (TPSA) is 48.7 Å². The fourth-order valence-corrected chi connectivity index (χ4v) is 2.71. The van der Waals surface area contributed by atoms with Gasteiger partial charge in [0.15, 0.2) is 5.43 Å². The van der Waals surface area contributed by atoms with Gasteiger partial charge in [0.1, 0.15) is 22.7 Å². The zero-order chi connectivity index (χ0) is 18.0. The molecule has 0 bridgehead atoms. The van der Waals surface area contributed by atoms with Crippen LogP contribution in [0.5, 0.6) is 5.75 Å². The van der Waals surface area contributed by atoms with Gasteiger partial charge in [0, 0.05) is 6.07 Å². The minimum Gasteiger partial charge on any atom is -0.496 e. The largest absolute Gasteiger partial charge is 0.496 e. The molecule has 0 fully saturated rings. The van der Waals surface area contributed by atoms with Gasteiger partial charge in [0.05, 0.1) is 19.1 Å². The summed E-state index contributed by atoms with van der Waals surface area (Å²) in [5.74, 6) is 1.18. The van der Waals surface area contributed by atoms with Crippen molar-refractivity contribution in [1.29, 1.82) is 0 Å². The number of fused-ring (bicyclic) bond motifs is 1. The van der Waals surface area contributed by atoms with Gasteiger partial charge in [-0.25, -0.2) is 0 Å². The molecule has 4 nitrogen and oxygen atoms in total. The summed E-state index contributed by atoms with van der Waals surface area (Å²) in [4.78, 5) is 12.5. The summed E-state index contributed by atoms with van der Waals surface area (Å²) < 4.78 is 17.3.